The Morgan fingerprint density at radius 2 is 1.30 bits per heavy atom. The molecule has 2 N–H and O–H groups in total. The van der Waals surface area contributed by atoms with Crippen molar-refractivity contribution in [3.05, 3.63) is 108 Å². The summed E-state index contributed by atoms with van der Waals surface area (Å²) < 4.78 is 0. The van der Waals surface area contributed by atoms with Crippen LogP contribution >= 0.6 is 0 Å². The predicted molar refractivity (Wildman–Crippen MR) is 208 cm³/mol. The SMILES string of the molecule is CC(C1CCCCC1)N1CCC[C@@H](CNC(=O)[C@H]2CCCN2C(=O)[C@@H]2C[C@@H](O)CN2C(=O)CC(c2ccccc2)(c2ccccc2)c2ccccc2)C1. The van der Waals surface area contributed by atoms with E-state index in [4.69, 9.17) is 0 Å². The molecule has 0 spiro atoms. The zero-order chi connectivity index (χ0) is 36.8. The smallest absolute Gasteiger partial charge is 0.246 e. The molecule has 282 valence electrons. The molecule has 0 aromatic heterocycles. The van der Waals surface area contributed by atoms with Crippen molar-refractivity contribution < 1.29 is 19.5 Å². The first-order chi connectivity index (χ1) is 25.8. The van der Waals surface area contributed by atoms with Crippen LogP contribution in [-0.4, -0.2) is 94.5 Å². The van der Waals surface area contributed by atoms with Gasteiger partial charge in [0.25, 0.3) is 0 Å². The summed E-state index contributed by atoms with van der Waals surface area (Å²) in [4.78, 5) is 48.8. The van der Waals surface area contributed by atoms with E-state index in [0.29, 0.717) is 31.5 Å². The van der Waals surface area contributed by atoms with Gasteiger partial charge in [0.2, 0.25) is 17.7 Å². The molecule has 8 heteroatoms. The number of carbonyl (C=O) groups excluding carboxylic acids is 3. The molecule has 0 radical (unpaired) electrons. The molecule has 3 aromatic carbocycles. The van der Waals surface area contributed by atoms with Gasteiger partial charge in [0.1, 0.15) is 12.1 Å². The molecule has 1 aliphatic carbocycles. The van der Waals surface area contributed by atoms with Crippen molar-refractivity contribution in [2.45, 2.75) is 107 Å². The van der Waals surface area contributed by atoms with E-state index in [0.717, 1.165) is 55.0 Å². The Kier molecular flexibility index (Phi) is 12.0. The normalized spacial score (nSPS) is 24.9. The minimum Gasteiger partial charge on any atom is -0.391 e. The number of hydrogen-bond acceptors (Lipinski definition) is 5. The molecule has 3 amide bonds. The minimum absolute atomic E-state index is 0.0865. The highest BCUT2D eigenvalue weighted by molar-refractivity contribution is 5.93. The number of β-amino-alcohol motifs (C(OH)–C–C–N with tert-alkyl or cyclic N) is 1. The Balaban J connectivity index is 1.05. The summed E-state index contributed by atoms with van der Waals surface area (Å²) in [5.74, 6) is 0.660. The van der Waals surface area contributed by atoms with Crippen LogP contribution in [0.1, 0.15) is 94.2 Å². The van der Waals surface area contributed by atoms with Gasteiger partial charge < -0.3 is 25.1 Å². The maximum Gasteiger partial charge on any atom is 0.246 e. The lowest BCUT2D eigenvalue weighted by molar-refractivity contribution is -0.147. The van der Waals surface area contributed by atoms with Crippen LogP contribution in [0, 0.1) is 11.8 Å². The number of piperidine rings is 1. The topological polar surface area (TPSA) is 93.2 Å². The van der Waals surface area contributed by atoms with Crippen molar-refractivity contribution in [3.8, 4) is 0 Å². The summed E-state index contributed by atoms with van der Waals surface area (Å²) >= 11 is 0. The van der Waals surface area contributed by atoms with Crippen LogP contribution in [0.5, 0.6) is 0 Å². The average Bonchev–Trinajstić information content (AvgIpc) is 3.87. The van der Waals surface area contributed by atoms with Crippen molar-refractivity contribution in [1.82, 2.24) is 20.0 Å². The number of aliphatic hydroxyl groups is 1. The Morgan fingerprint density at radius 3 is 1.91 bits per heavy atom. The summed E-state index contributed by atoms with van der Waals surface area (Å²) in [7, 11) is 0. The molecule has 4 fully saturated rings. The van der Waals surface area contributed by atoms with Crippen LogP contribution in [0.4, 0.5) is 0 Å². The van der Waals surface area contributed by atoms with E-state index in [9.17, 15) is 19.5 Å². The van der Waals surface area contributed by atoms with Crippen molar-refractivity contribution >= 4 is 17.7 Å². The van der Waals surface area contributed by atoms with E-state index in [1.807, 2.05) is 54.6 Å². The Morgan fingerprint density at radius 1 is 0.717 bits per heavy atom. The molecule has 3 saturated heterocycles. The Labute approximate surface area is 315 Å². The van der Waals surface area contributed by atoms with Crippen molar-refractivity contribution in [1.29, 1.82) is 0 Å². The third kappa shape index (κ3) is 8.09. The van der Waals surface area contributed by atoms with Gasteiger partial charge in [-0.05, 0) is 80.5 Å². The second-order valence-corrected chi connectivity index (χ2v) is 16.2. The Bertz CT molecular complexity index is 1570. The molecule has 4 aliphatic rings. The predicted octanol–water partition coefficient (Wildman–Crippen LogP) is 6.16. The van der Waals surface area contributed by atoms with E-state index in [1.165, 1.54) is 32.1 Å². The van der Waals surface area contributed by atoms with Gasteiger partial charge in [-0.2, -0.15) is 0 Å². The fourth-order valence-corrected chi connectivity index (χ4v) is 10.0. The van der Waals surface area contributed by atoms with Crippen molar-refractivity contribution in [2.24, 2.45) is 11.8 Å². The zero-order valence-electron chi connectivity index (χ0n) is 31.5. The van der Waals surface area contributed by atoms with Gasteiger partial charge in [-0.3, -0.25) is 14.4 Å². The van der Waals surface area contributed by atoms with Gasteiger partial charge in [0.05, 0.1) is 11.5 Å². The number of nitrogens with one attached hydrogen (secondary N) is 1. The number of benzene rings is 3. The van der Waals surface area contributed by atoms with Crippen LogP contribution in [0.15, 0.2) is 91.0 Å². The van der Waals surface area contributed by atoms with Crippen molar-refractivity contribution in [3.63, 3.8) is 0 Å². The third-order valence-electron chi connectivity index (χ3n) is 13.0. The molecule has 5 atom stereocenters. The summed E-state index contributed by atoms with van der Waals surface area (Å²) in [6, 6.07) is 29.4. The highest BCUT2D eigenvalue weighted by Gasteiger charge is 2.47. The summed E-state index contributed by atoms with van der Waals surface area (Å²) in [6.45, 7) is 5.74. The van der Waals surface area contributed by atoms with Gasteiger partial charge in [-0.15, -0.1) is 0 Å². The molecule has 3 heterocycles. The quantitative estimate of drug-likeness (QED) is 0.232. The van der Waals surface area contributed by atoms with Gasteiger partial charge in [0.15, 0.2) is 0 Å². The van der Waals surface area contributed by atoms with Crippen LogP contribution < -0.4 is 5.32 Å². The summed E-state index contributed by atoms with van der Waals surface area (Å²) in [5.41, 5.74) is 2.12. The van der Waals surface area contributed by atoms with Gasteiger partial charge in [-0.25, -0.2) is 0 Å². The lowest BCUT2D eigenvalue weighted by Crippen LogP contribution is -2.54. The fraction of sp³-hybridized carbons (Fsp3) is 0.533. The molecule has 8 nitrogen and oxygen atoms in total. The molecule has 7 rings (SSSR count). The molecule has 53 heavy (non-hydrogen) atoms. The molecule has 3 aliphatic heterocycles. The second kappa shape index (κ2) is 17.0. The van der Waals surface area contributed by atoms with Gasteiger partial charge in [0, 0.05) is 45.1 Å². The molecule has 1 saturated carbocycles. The molecule has 0 bridgehead atoms. The zero-order valence-corrected chi connectivity index (χ0v) is 31.5. The number of amides is 3. The molecular formula is C45H58N4O4. The maximum atomic E-state index is 14.7. The van der Waals surface area contributed by atoms with E-state index in [1.54, 1.807) is 9.80 Å². The molecule has 1 unspecified atom stereocenters. The van der Waals surface area contributed by atoms with Crippen LogP contribution in [-0.2, 0) is 19.8 Å². The van der Waals surface area contributed by atoms with Crippen molar-refractivity contribution in [2.75, 3.05) is 32.7 Å². The van der Waals surface area contributed by atoms with E-state index in [-0.39, 0.29) is 37.1 Å². The Hall–Kier alpha value is -4.01. The number of rotatable bonds is 11. The number of likely N-dealkylation sites (tertiary alicyclic amines) is 3. The summed E-state index contributed by atoms with van der Waals surface area (Å²) in [6.07, 6.45) is 9.77. The van der Waals surface area contributed by atoms with Gasteiger partial charge in [-0.1, -0.05) is 110 Å². The highest BCUT2D eigenvalue weighted by atomic mass is 16.3. The second-order valence-electron chi connectivity index (χ2n) is 16.2. The first-order valence-corrected chi connectivity index (χ1v) is 20.3. The van der Waals surface area contributed by atoms with Crippen LogP contribution in [0.3, 0.4) is 0 Å². The third-order valence-corrected chi connectivity index (χ3v) is 13.0. The van der Waals surface area contributed by atoms with E-state index in [2.05, 4.69) is 53.5 Å². The van der Waals surface area contributed by atoms with Gasteiger partial charge >= 0.3 is 0 Å². The first kappa shape index (κ1) is 37.3. The van der Waals surface area contributed by atoms with Crippen LogP contribution in [0.2, 0.25) is 0 Å². The van der Waals surface area contributed by atoms with E-state index >= 15 is 0 Å². The molecule has 3 aromatic rings. The minimum atomic E-state index is -0.820. The number of hydrogen-bond donors (Lipinski definition) is 2. The standard InChI is InChI=1S/C45H58N4O4/c1-33(35-17-6-2-7-18-35)47-26-14-16-34(31-47)30-46-43(52)40-25-15-27-48(40)44(53)41-28-39(50)32-49(41)42(51)29-45(36-19-8-3-9-20-36,37-21-10-4-11-22-37)38-23-12-5-13-24-38/h3-5,8-13,19-24,33-35,39-41,50H,2,6-7,14-18,25-32H2,1H3,(H,46,52)/t33?,34-,39+,40+,41-/m0/s1. The average molecular weight is 719 g/mol. The van der Waals surface area contributed by atoms with E-state index < -0.39 is 23.6 Å². The summed E-state index contributed by atoms with van der Waals surface area (Å²) in [5, 5.41) is 14.2. The number of nitrogens with zero attached hydrogens (tertiary/aromatic N) is 3. The largest absolute Gasteiger partial charge is 0.391 e. The fourth-order valence-electron chi connectivity index (χ4n) is 10.0. The molecular weight excluding hydrogens is 661 g/mol. The number of carbonyl (C=O) groups is 3. The lowest BCUT2D eigenvalue weighted by Gasteiger charge is -2.41. The maximum absolute atomic E-state index is 14.7. The highest BCUT2D eigenvalue weighted by Crippen LogP contribution is 2.43. The lowest BCUT2D eigenvalue weighted by atomic mass is 9.67. The number of aliphatic hydroxyl groups excluding tert-OH is 1. The first-order valence-electron chi connectivity index (χ1n) is 20.3. The monoisotopic (exact) mass is 718 g/mol. The van der Waals surface area contributed by atoms with Crippen LogP contribution in [0.25, 0.3) is 0 Å².